The molecule has 3 heterocycles. The van der Waals surface area contributed by atoms with Crippen LogP contribution >= 0.6 is 18.5 Å². The van der Waals surface area contributed by atoms with Gasteiger partial charge in [0.25, 0.3) is 0 Å². The van der Waals surface area contributed by atoms with Crippen LogP contribution in [0.5, 0.6) is 5.75 Å². The van der Waals surface area contributed by atoms with Gasteiger partial charge in [0.2, 0.25) is 0 Å². The van der Waals surface area contributed by atoms with E-state index >= 15 is 0 Å². The number of nitrogens with zero attached hydrogens (tertiary/aromatic N) is 1. The number of halogens is 2. The Morgan fingerprint density at radius 2 is 1.95 bits per heavy atom. The minimum Gasteiger partial charge on any atom is -0.0613 e. The molecule has 0 bridgehead atoms. The molecule has 1 aliphatic carbocycles. The fourth-order valence-electron chi connectivity index (χ4n) is 5.35. The Morgan fingerprint density at radius 1 is 1.21 bits per heavy atom. The number of ether oxygens (including phenoxy) is 1. The first-order chi connectivity index (χ1) is 20.2. The summed E-state index contributed by atoms with van der Waals surface area (Å²) < 4.78 is 20.0. The zero-order valence-electron chi connectivity index (χ0n) is 24.3. The summed E-state index contributed by atoms with van der Waals surface area (Å²) in [6.45, 7) is 7.98. The number of carbonyl (C=O) groups is 2. The van der Waals surface area contributed by atoms with Crippen LogP contribution in [0, 0.1) is 11.7 Å². The number of aliphatic hydroxyl groups is 1. The first-order valence-electron chi connectivity index (χ1n) is 14.5. The SMILES string of the molecule is CC.CCC(=O)c1ccc(C(=O)NCC(O)(c2cc3c(c(-c4ccc(F)c(Cl)c4)n2)OCP32=BN2)C2CC2)cc1CC. The average Bonchev–Trinajstić information content (AvgIpc) is 3.95. The monoisotopic (exact) mass is 609 g/mol. The molecule has 1 spiro atoms. The van der Waals surface area contributed by atoms with Crippen molar-refractivity contribution in [3.63, 3.8) is 0 Å². The van der Waals surface area contributed by atoms with Gasteiger partial charge in [0, 0.05) is 6.42 Å². The van der Waals surface area contributed by atoms with Crippen molar-refractivity contribution in [1.29, 1.82) is 0 Å². The number of Topliss-reactive ketones (excluding diaryl/α,β-unsaturated/α-hetero) is 1. The Hall–Kier alpha value is -2.84. The molecule has 1 amide bonds. The summed E-state index contributed by atoms with van der Waals surface area (Å²) in [7, 11) is 0. The number of aromatic nitrogens is 1. The van der Waals surface area contributed by atoms with Crippen molar-refractivity contribution in [2.24, 2.45) is 5.92 Å². The van der Waals surface area contributed by atoms with Crippen LogP contribution in [0.15, 0.2) is 42.5 Å². The summed E-state index contributed by atoms with van der Waals surface area (Å²) >= 11 is 6.10. The van der Waals surface area contributed by atoms with Gasteiger partial charge < -0.3 is 0 Å². The second-order valence-corrected chi connectivity index (χ2v) is 14.0. The predicted octanol–water partition coefficient (Wildman–Crippen LogP) is 5.80. The van der Waals surface area contributed by atoms with Crippen molar-refractivity contribution in [1.82, 2.24) is 15.3 Å². The average molecular weight is 610 g/mol. The van der Waals surface area contributed by atoms with E-state index in [1.807, 2.05) is 40.5 Å². The van der Waals surface area contributed by atoms with Crippen LogP contribution in [0.4, 0.5) is 4.39 Å². The zero-order valence-corrected chi connectivity index (χ0v) is 25.9. The van der Waals surface area contributed by atoms with Gasteiger partial charge in [-0.25, -0.2) is 0 Å². The van der Waals surface area contributed by atoms with E-state index < -0.39 is 18.3 Å². The standard InChI is InChI=1S/C29H29BClFN3O4P.C2H6/c1-3-16-11-18(5-9-20(16)23(36)4-2)28(37)33-14-29(38,19-7-8-19)25-13-24-27(39-15-40(24)30-35-40)26(34-25)17-6-10-22(32)21(31)12-17;1-2/h5-6,9-13,19,35,38H,3-4,7-8,14-15H2,1-2H3,(H,33,37);1-2H3. The van der Waals surface area contributed by atoms with Gasteiger partial charge in [0.15, 0.2) is 5.78 Å². The van der Waals surface area contributed by atoms with Crippen molar-refractivity contribution in [2.75, 3.05) is 12.9 Å². The normalized spacial score (nSPS) is 19.3. The Balaban J connectivity index is 0.00000173. The fourth-order valence-corrected chi connectivity index (χ4v) is 7.87. The van der Waals surface area contributed by atoms with Crippen molar-refractivity contribution in [2.45, 2.75) is 59.0 Å². The van der Waals surface area contributed by atoms with Gasteiger partial charge >= 0.3 is 207 Å². The van der Waals surface area contributed by atoms with Crippen LogP contribution in [0.2, 0.25) is 5.02 Å². The molecule has 0 saturated heterocycles. The summed E-state index contributed by atoms with van der Waals surface area (Å²) in [5, 5.41) is 15.9. The number of hydrogen-bond donors (Lipinski definition) is 3. The molecule has 2 unspecified atom stereocenters. The Kier molecular flexibility index (Phi) is 8.78. The van der Waals surface area contributed by atoms with Crippen molar-refractivity contribution in [3.05, 3.63) is 75.7 Å². The van der Waals surface area contributed by atoms with Crippen LogP contribution in [-0.2, 0) is 12.0 Å². The molecule has 2 aromatic carbocycles. The molecule has 3 N–H and O–H groups in total. The number of nitrogens with one attached hydrogen (secondary N) is 2. The van der Waals surface area contributed by atoms with E-state index in [0.717, 1.165) is 23.7 Å². The number of ketones is 1. The fraction of sp³-hybridized carbons (Fsp3) is 0.387. The molecule has 2 atom stereocenters. The molecule has 7 nitrogen and oxygen atoms in total. The third-order valence-corrected chi connectivity index (χ3v) is 10.9. The van der Waals surface area contributed by atoms with E-state index in [1.54, 1.807) is 24.3 Å². The van der Waals surface area contributed by atoms with Crippen LogP contribution in [0.1, 0.15) is 78.9 Å². The molecule has 220 valence electrons. The number of aryl methyl sites for hydroxylation is 1. The molecule has 42 heavy (non-hydrogen) atoms. The Labute approximate surface area is 251 Å². The maximum atomic E-state index is 14.0. The third kappa shape index (κ3) is 5.60. The minimum atomic E-state index is -1.79. The summed E-state index contributed by atoms with van der Waals surface area (Å²) in [6, 6.07) is 11.4. The number of benzene rings is 2. The zero-order chi connectivity index (χ0) is 30.2. The summed E-state index contributed by atoms with van der Waals surface area (Å²) in [5.74, 6) is -0.292. The molecule has 1 saturated carbocycles. The van der Waals surface area contributed by atoms with E-state index in [4.69, 9.17) is 21.3 Å². The quantitative estimate of drug-likeness (QED) is 0.161. The van der Waals surface area contributed by atoms with Crippen LogP contribution < -0.4 is 20.4 Å². The molecular weight excluding hydrogens is 575 g/mol. The molecule has 1 fully saturated rings. The summed E-state index contributed by atoms with van der Waals surface area (Å²) in [4.78, 5) is 33.7. The molecule has 11 heteroatoms. The van der Waals surface area contributed by atoms with Crippen molar-refractivity contribution < 1.29 is 23.8 Å². The van der Waals surface area contributed by atoms with Gasteiger partial charge in [0.1, 0.15) is 0 Å². The van der Waals surface area contributed by atoms with Gasteiger partial charge in [-0.1, -0.05) is 27.7 Å². The van der Waals surface area contributed by atoms with Gasteiger partial charge in [-0.3, -0.25) is 4.79 Å². The summed E-state index contributed by atoms with van der Waals surface area (Å²) in [6.07, 6.45) is 3.12. The van der Waals surface area contributed by atoms with E-state index in [0.29, 0.717) is 53.0 Å². The maximum absolute atomic E-state index is 14.0. The Bertz CT molecular complexity index is 1630. The van der Waals surface area contributed by atoms with Gasteiger partial charge in [-0.2, -0.15) is 0 Å². The first-order valence-corrected chi connectivity index (χ1v) is 16.9. The van der Waals surface area contributed by atoms with Crippen molar-refractivity contribution in [3.8, 4) is 17.0 Å². The molecule has 0 radical (unpaired) electrons. The predicted molar refractivity (Wildman–Crippen MR) is 166 cm³/mol. The molecule has 6 rings (SSSR count). The molecule has 2 aliphatic heterocycles. The molecular formula is C31H35BClFN3O4P. The van der Waals surface area contributed by atoms with Crippen LogP contribution in [0.3, 0.4) is 0 Å². The topological polar surface area (TPSA) is 110 Å². The number of amides is 1. The smallest absolute Gasteiger partial charge is 0.0613 e. The number of rotatable bonds is 9. The second kappa shape index (κ2) is 12.0. The molecule has 3 aliphatic rings. The summed E-state index contributed by atoms with van der Waals surface area (Å²) in [5.41, 5.74) is 1.98. The molecule has 3 aromatic rings. The number of carbonyl (C=O) groups excluding carboxylic acids is 2. The number of hydrogen-bond acceptors (Lipinski definition) is 6. The van der Waals surface area contributed by atoms with Gasteiger partial charge in [-0.05, 0) is 0 Å². The van der Waals surface area contributed by atoms with Crippen LogP contribution in [-0.4, -0.2) is 41.4 Å². The van der Waals surface area contributed by atoms with E-state index in [1.165, 1.54) is 12.1 Å². The molecule has 1 aromatic heterocycles. The number of pyridine rings is 1. The third-order valence-electron chi connectivity index (χ3n) is 8.01. The van der Waals surface area contributed by atoms with Crippen LogP contribution in [0.25, 0.3) is 11.3 Å². The number of fused-ring (bicyclic) bond motifs is 2. The van der Waals surface area contributed by atoms with E-state index in [9.17, 15) is 19.1 Å². The van der Waals surface area contributed by atoms with Gasteiger partial charge in [0.05, 0.1) is 0 Å². The van der Waals surface area contributed by atoms with E-state index in [2.05, 4.69) is 10.3 Å². The first kappa shape index (κ1) is 30.6. The van der Waals surface area contributed by atoms with Gasteiger partial charge in [-0.15, -0.1) is 0 Å². The van der Waals surface area contributed by atoms with E-state index in [-0.39, 0.29) is 29.2 Å². The minimum absolute atomic E-state index is 0.0279. The van der Waals surface area contributed by atoms with Crippen molar-refractivity contribution >= 4 is 42.3 Å². The Morgan fingerprint density at radius 3 is 2.57 bits per heavy atom. The second-order valence-electron chi connectivity index (χ2n) is 10.6.